The predicted octanol–water partition coefficient (Wildman–Crippen LogP) is 0.119. The average Bonchev–Trinajstić information content (AvgIpc) is 2.56. The van der Waals surface area contributed by atoms with Crippen LogP contribution in [-0.4, -0.2) is 40.2 Å². The van der Waals surface area contributed by atoms with Crippen molar-refractivity contribution < 1.29 is 12.6 Å². The number of aromatic nitrogens is 2. The summed E-state index contributed by atoms with van der Waals surface area (Å²) in [6, 6.07) is 0. The van der Waals surface area contributed by atoms with Crippen molar-refractivity contribution in [1.82, 2.24) is 14.3 Å². The fraction of sp³-hybridized carbons (Fsp3) is 0.625. The molecule has 0 radical (unpaired) electrons. The number of sulfonamides is 1. The second-order valence-corrected chi connectivity index (χ2v) is 7.45. The van der Waals surface area contributed by atoms with E-state index >= 15 is 0 Å². The van der Waals surface area contributed by atoms with Crippen LogP contribution in [0.5, 0.6) is 0 Å². The van der Waals surface area contributed by atoms with Gasteiger partial charge in [-0.1, -0.05) is 11.6 Å². The molecule has 0 aliphatic carbocycles. The van der Waals surface area contributed by atoms with E-state index in [1.165, 1.54) is 17.2 Å². The number of hydrogen-bond donors (Lipinski definition) is 1. The zero-order valence-electron chi connectivity index (χ0n) is 9.68. The summed E-state index contributed by atoms with van der Waals surface area (Å²) in [6.45, 7) is 1.77. The molecule has 0 bridgehead atoms. The highest BCUT2D eigenvalue weighted by molar-refractivity contribution is 7.89. The first-order valence-electron chi connectivity index (χ1n) is 4.74. The van der Waals surface area contributed by atoms with Gasteiger partial charge in [0.25, 0.3) is 10.0 Å². The lowest BCUT2D eigenvalue weighted by Crippen LogP contribution is -2.33. The highest BCUT2D eigenvalue weighted by atomic mass is 35.5. The number of nitrogens with zero attached hydrogens (tertiary/aromatic N) is 2. The Balaban J connectivity index is 2.83. The number of halogens is 1. The molecule has 9 heteroatoms. The molecule has 1 aromatic heterocycles. The van der Waals surface area contributed by atoms with Gasteiger partial charge in [-0.2, -0.15) is 0 Å². The predicted molar refractivity (Wildman–Crippen MR) is 66.9 cm³/mol. The third-order valence-electron chi connectivity index (χ3n) is 2.22. The molecule has 2 atom stereocenters. The minimum Gasteiger partial charge on any atom is -0.324 e. The Kier molecular flexibility index (Phi) is 4.70. The Morgan fingerprint density at radius 2 is 2.24 bits per heavy atom. The van der Waals surface area contributed by atoms with E-state index in [4.69, 9.17) is 11.6 Å². The van der Waals surface area contributed by atoms with Crippen LogP contribution in [0.4, 0.5) is 0 Å². The molecule has 1 heterocycles. The molecular formula is C8H14ClN3O3S2. The monoisotopic (exact) mass is 299 g/mol. The van der Waals surface area contributed by atoms with Crippen molar-refractivity contribution in [2.24, 2.45) is 7.05 Å². The minimum atomic E-state index is -3.75. The van der Waals surface area contributed by atoms with E-state index in [1.54, 1.807) is 14.0 Å². The second kappa shape index (κ2) is 5.47. The molecule has 2 unspecified atom stereocenters. The number of rotatable bonds is 5. The van der Waals surface area contributed by atoms with E-state index < -0.39 is 20.8 Å². The molecule has 0 amide bonds. The average molecular weight is 300 g/mol. The Morgan fingerprint density at radius 3 is 2.65 bits per heavy atom. The fourth-order valence-electron chi connectivity index (χ4n) is 0.987. The van der Waals surface area contributed by atoms with Crippen molar-refractivity contribution >= 4 is 32.4 Å². The summed E-state index contributed by atoms with van der Waals surface area (Å²) < 4.78 is 38.5. The van der Waals surface area contributed by atoms with Gasteiger partial charge in [0.15, 0.2) is 0 Å². The molecule has 17 heavy (non-hydrogen) atoms. The number of nitrogens with one attached hydrogen (secondary N) is 1. The van der Waals surface area contributed by atoms with E-state index in [0.29, 0.717) is 0 Å². The molecular weight excluding hydrogens is 286 g/mol. The number of imidazole rings is 1. The molecule has 1 N–H and O–H groups in total. The highest BCUT2D eigenvalue weighted by Gasteiger charge is 2.23. The van der Waals surface area contributed by atoms with Crippen molar-refractivity contribution in [3.8, 4) is 0 Å². The van der Waals surface area contributed by atoms with E-state index in [-0.39, 0.29) is 22.0 Å². The Morgan fingerprint density at radius 1 is 1.65 bits per heavy atom. The van der Waals surface area contributed by atoms with Crippen LogP contribution in [0.15, 0.2) is 11.4 Å². The van der Waals surface area contributed by atoms with Gasteiger partial charge in [0.1, 0.15) is 5.15 Å². The first-order chi connectivity index (χ1) is 7.75. The summed E-state index contributed by atoms with van der Waals surface area (Å²) in [5, 5.41) is -0.439. The molecule has 0 aliphatic rings. The van der Waals surface area contributed by atoms with Crippen molar-refractivity contribution in [1.29, 1.82) is 0 Å². The Bertz CT molecular complexity index is 526. The third kappa shape index (κ3) is 3.51. The third-order valence-corrected chi connectivity index (χ3v) is 5.43. The molecule has 6 nitrogen and oxygen atoms in total. The molecule has 0 saturated carbocycles. The summed E-state index contributed by atoms with van der Waals surface area (Å²) in [4.78, 5) is 3.71. The van der Waals surface area contributed by atoms with Gasteiger partial charge in [-0.25, -0.2) is 18.1 Å². The molecule has 0 spiro atoms. The van der Waals surface area contributed by atoms with Crippen LogP contribution >= 0.6 is 11.6 Å². The summed E-state index contributed by atoms with van der Waals surface area (Å²) in [6.07, 6.45) is 2.84. The molecule has 1 aromatic rings. The van der Waals surface area contributed by atoms with Crippen molar-refractivity contribution in [3.63, 3.8) is 0 Å². The Hall–Kier alpha value is -0.440. The Labute approximate surface area is 108 Å². The topological polar surface area (TPSA) is 81.1 Å². The molecule has 98 valence electrons. The van der Waals surface area contributed by atoms with E-state index in [1.807, 2.05) is 0 Å². The molecule has 0 saturated heterocycles. The zero-order valence-corrected chi connectivity index (χ0v) is 12.1. The zero-order chi connectivity index (χ0) is 13.2. The van der Waals surface area contributed by atoms with Crippen LogP contribution in [0, 0.1) is 0 Å². The van der Waals surface area contributed by atoms with Gasteiger partial charge in [-0.05, 0) is 6.92 Å². The maximum absolute atomic E-state index is 11.8. The summed E-state index contributed by atoms with van der Waals surface area (Å²) in [7, 11) is -3.24. The van der Waals surface area contributed by atoms with Crippen molar-refractivity contribution in [2.75, 3.05) is 12.8 Å². The van der Waals surface area contributed by atoms with Gasteiger partial charge in [0.05, 0.1) is 6.33 Å². The minimum absolute atomic E-state index is 0.0442. The number of hydrogen-bond acceptors (Lipinski definition) is 4. The maximum atomic E-state index is 11.8. The first-order valence-corrected chi connectivity index (χ1v) is 8.22. The number of aryl methyl sites for hydroxylation is 1. The molecule has 1 rings (SSSR count). The van der Waals surface area contributed by atoms with Crippen molar-refractivity contribution in [3.05, 3.63) is 11.5 Å². The van der Waals surface area contributed by atoms with E-state index in [9.17, 15) is 12.6 Å². The van der Waals surface area contributed by atoms with Crippen LogP contribution in [0.2, 0.25) is 5.15 Å². The van der Waals surface area contributed by atoms with Crippen LogP contribution in [0.25, 0.3) is 0 Å². The highest BCUT2D eigenvalue weighted by Crippen LogP contribution is 2.18. The van der Waals surface area contributed by atoms with Gasteiger partial charge >= 0.3 is 0 Å². The standard InChI is InChI=1S/C8H14ClN3O3S2/c1-6(16(3)13)4-11-17(14,15)8-7(9)12(2)5-10-8/h5-6,11H,4H2,1-3H3. The normalized spacial score (nSPS) is 15.8. The lowest BCUT2D eigenvalue weighted by atomic mass is 10.5. The van der Waals surface area contributed by atoms with Crippen LogP contribution in [0.3, 0.4) is 0 Å². The van der Waals surface area contributed by atoms with Gasteiger partial charge in [0.2, 0.25) is 5.03 Å². The molecule has 0 aromatic carbocycles. The lowest BCUT2D eigenvalue weighted by Gasteiger charge is -2.09. The summed E-state index contributed by atoms with van der Waals surface area (Å²) in [5.74, 6) is 0. The maximum Gasteiger partial charge on any atom is 0.261 e. The molecule has 0 fully saturated rings. The SMILES string of the molecule is CC(CNS(=O)(=O)c1ncn(C)c1Cl)S(C)=O. The van der Waals surface area contributed by atoms with Gasteiger partial charge in [0, 0.05) is 35.9 Å². The van der Waals surface area contributed by atoms with Gasteiger partial charge < -0.3 is 4.57 Å². The first kappa shape index (κ1) is 14.6. The summed E-state index contributed by atoms with van der Waals surface area (Å²) in [5.41, 5.74) is 0. The van der Waals surface area contributed by atoms with Crippen molar-refractivity contribution in [2.45, 2.75) is 17.2 Å². The largest absolute Gasteiger partial charge is 0.324 e. The van der Waals surface area contributed by atoms with E-state index in [0.717, 1.165) is 0 Å². The van der Waals surface area contributed by atoms with Crippen LogP contribution in [-0.2, 0) is 27.9 Å². The van der Waals surface area contributed by atoms with E-state index in [2.05, 4.69) is 9.71 Å². The lowest BCUT2D eigenvalue weighted by molar-refractivity contribution is 0.577. The van der Waals surface area contributed by atoms with Crippen LogP contribution < -0.4 is 4.72 Å². The fourth-order valence-corrected chi connectivity index (χ4v) is 2.97. The van der Waals surface area contributed by atoms with Gasteiger partial charge in [-0.3, -0.25) is 4.21 Å². The quantitative estimate of drug-likeness (QED) is 0.837. The van der Waals surface area contributed by atoms with Crippen LogP contribution in [0.1, 0.15) is 6.92 Å². The second-order valence-electron chi connectivity index (χ2n) is 3.61. The molecule has 0 aliphatic heterocycles. The van der Waals surface area contributed by atoms with Gasteiger partial charge in [-0.15, -0.1) is 0 Å². The smallest absolute Gasteiger partial charge is 0.261 e. The summed E-state index contributed by atoms with van der Waals surface area (Å²) >= 11 is 5.79.